The van der Waals surface area contributed by atoms with Gasteiger partial charge in [0.05, 0.1) is 18.0 Å². The number of hydrogen-bond donors (Lipinski definition) is 1. The summed E-state index contributed by atoms with van der Waals surface area (Å²) >= 11 is 0. The van der Waals surface area contributed by atoms with E-state index in [-0.39, 0.29) is 18.6 Å². The molecule has 0 fully saturated rings. The van der Waals surface area contributed by atoms with Crippen molar-refractivity contribution >= 4 is 5.97 Å². The SMILES string of the molecule is CCC(C)OC(=O)Cn1cc(CN)nn1. The number of nitrogens with two attached hydrogens (primary N) is 1. The number of aromatic nitrogens is 3. The van der Waals surface area contributed by atoms with Crippen molar-refractivity contribution < 1.29 is 9.53 Å². The van der Waals surface area contributed by atoms with Crippen molar-refractivity contribution in [2.75, 3.05) is 0 Å². The van der Waals surface area contributed by atoms with Crippen molar-refractivity contribution in [3.8, 4) is 0 Å². The van der Waals surface area contributed by atoms with Gasteiger partial charge in [-0.15, -0.1) is 5.10 Å². The van der Waals surface area contributed by atoms with Gasteiger partial charge in [-0.25, -0.2) is 4.68 Å². The van der Waals surface area contributed by atoms with E-state index in [0.717, 1.165) is 6.42 Å². The minimum absolute atomic E-state index is 0.0602. The van der Waals surface area contributed by atoms with Crippen LogP contribution in [0.2, 0.25) is 0 Å². The first-order chi connectivity index (χ1) is 7.15. The molecule has 0 aromatic carbocycles. The molecule has 6 heteroatoms. The van der Waals surface area contributed by atoms with E-state index >= 15 is 0 Å². The van der Waals surface area contributed by atoms with Crippen LogP contribution >= 0.6 is 0 Å². The molecule has 15 heavy (non-hydrogen) atoms. The van der Waals surface area contributed by atoms with Crippen LogP contribution in [0.25, 0.3) is 0 Å². The summed E-state index contributed by atoms with van der Waals surface area (Å²) in [6.45, 7) is 4.21. The predicted octanol–water partition coefficient (Wildman–Crippen LogP) is 0.0785. The molecule has 1 unspecified atom stereocenters. The van der Waals surface area contributed by atoms with E-state index in [4.69, 9.17) is 10.5 Å². The molecule has 0 aliphatic heterocycles. The van der Waals surface area contributed by atoms with E-state index in [1.165, 1.54) is 4.68 Å². The Bertz CT molecular complexity index is 324. The lowest BCUT2D eigenvalue weighted by Crippen LogP contribution is -2.19. The molecule has 0 aliphatic carbocycles. The van der Waals surface area contributed by atoms with Crippen molar-refractivity contribution in [2.45, 2.75) is 39.5 Å². The van der Waals surface area contributed by atoms with Crippen LogP contribution in [0.4, 0.5) is 0 Å². The van der Waals surface area contributed by atoms with Crippen molar-refractivity contribution in [2.24, 2.45) is 5.73 Å². The molecule has 1 aromatic rings. The summed E-state index contributed by atoms with van der Waals surface area (Å²) < 4.78 is 6.51. The number of nitrogens with zero attached hydrogens (tertiary/aromatic N) is 3. The molecule has 1 rings (SSSR count). The zero-order valence-corrected chi connectivity index (χ0v) is 9.01. The summed E-state index contributed by atoms with van der Waals surface area (Å²) in [5.41, 5.74) is 6.02. The highest BCUT2D eigenvalue weighted by molar-refractivity contribution is 5.69. The van der Waals surface area contributed by atoms with Gasteiger partial charge in [0.25, 0.3) is 0 Å². The molecule has 84 valence electrons. The van der Waals surface area contributed by atoms with Gasteiger partial charge in [-0.2, -0.15) is 0 Å². The van der Waals surface area contributed by atoms with Crippen LogP contribution in [0.5, 0.6) is 0 Å². The van der Waals surface area contributed by atoms with Crippen molar-refractivity contribution in [3.05, 3.63) is 11.9 Å². The van der Waals surface area contributed by atoms with Crippen LogP contribution in [0, 0.1) is 0 Å². The molecule has 0 spiro atoms. The van der Waals surface area contributed by atoms with Crippen molar-refractivity contribution in [1.29, 1.82) is 0 Å². The molecule has 2 N–H and O–H groups in total. The van der Waals surface area contributed by atoms with E-state index in [9.17, 15) is 4.79 Å². The molecule has 0 aliphatic rings. The maximum Gasteiger partial charge on any atom is 0.328 e. The number of rotatable bonds is 5. The van der Waals surface area contributed by atoms with Crippen LogP contribution in [0.1, 0.15) is 26.0 Å². The van der Waals surface area contributed by atoms with E-state index in [0.29, 0.717) is 12.2 Å². The Morgan fingerprint density at radius 1 is 1.73 bits per heavy atom. The summed E-state index contributed by atoms with van der Waals surface area (Å²) in [5.74, 6) is -0.308. The average Bonchev–Trinajstić information content (AvgIpc) is 2.65. The molecule has 0 radical (unpaired) electrons. The van der Waals surface area contributed by atoms with Crippen molar-refractivity contribution in [1.82, 2.24) is 15.0 Å². The summed E-state index contributed by atoms with van der Waals surface area (Å²) in [7, 11) is 0. The highest BCUT2D eigenvalue weighted by Gasteiger charge is 2.09. The van der Waals surface area contributed by atoms with Gasteiger partial charge in [0.1, 0.15) is 6.54 Å². The summed E-state index contributed by atoms with van der Waals surface area (Å²) in [4.78, 5) is 11.3. The van der Waals surface area contributed by atoms with E-state index < -0.39 is 0 Å². The number of carbonyl (C=O) groups is 1. The quantitative estimate of drug-likeness (QED) is 0.699. The Kier molecular flexibility index (Phi) is 4.23. The second kappa shape index (κ2) is 5.45. The molecule has 6 nitrogen and oxygen atoms in total. The Hall–Kier alpha value is -1.43. The third kappa shape index (κ3) is 3.67. The normalized spacial score (nSPS) is 12.5. The minimum Gasteiger partial charge on any atom is -0.461 e. The maximum atomic E-state index is 11.3. The number of ether oxygens (including phenoxy) is 1. The topological polar surface area (TPSA) is 83.0 Å². The van der Waals surface area contributed by atoms with Crippen LogP contribution in [0.15, 0.2) is 6.20 Å². The maximum absolute atomic E-state index is 11.3. The van der Waals surface area contributed by atoms with Gasteiger partial charge >= 0.3 is 5.97 Å². The van der Waals surface area contributed by atoms with Crippen LogP contribution in [0.3, 0.4) is 0 Å². The van der Waals surface area contributed by atoms with Crippen molar-refractivity contribution in [3.63, 3.8) is 0 Å². The zero-order chi connectivity index (χ0) is 11.3. The van der Waals surface area contributed by atoms with Gasteiger partial charge in [-0.05, 0) is 13.3 Å². The number of carbonyl (C=O) groups excluding carboxylic acids is 1. The molecule has 0 saturated heterocycles. The number of hydrogen-bond acceptors (Lipinski definition) is 5. The van der Waals surface area contributed by atoms with Gasteiger partial charge < -0.3 is 10.5 Å². The molecule has 1 atom stereocenters. The van der Waals surface area contributed by atoms with Crippen LogP contribution in [-0.2, 0) is 22.6 Å². The molecule has 0 amide bonds. The monoisotopic (exact) mass is 212 g/mol. The average molecular weight is 212 g/mol. The van der Waals surface area contributed by atoms with Gasteiger partial charge in [-0.1, -0.05) is 12.1 Å². The van der Waals surface area contributed by atoms with E-state index in [2.05, 4.69) is 10.3 Å². The number of esters is 1. The molecule has 0 saturated carbocycles. The Morgan fingerprint density at radius 3 is 3.00 bits per heavy atom. The smallest absolute Gasteiger partial charge is 0.328 e. The first-order valence-electron chi connectivity index (χ1n) is 4.94. The summed E-state index contributed by atoms with van der Waals surface area (Å²) in [6, 6.07) is 0. The molecule has 1 heterocycles. The van der Waals surface area contributed by atoms with Crippen LogP contribution < -0.4 is 5.73 Å². The fraction of sp³-hybridized carbons (Fsp3) is 0.667. The first kappa shape index (κ1) is 11.6. The van der Waals surface area contributed by atoms with Gasteiger partial charge in [0.2, 0.25) is 0 Å². The largest absolute Gasteiger partial charge is 0.461 e. The standard InChI is InChI=1S/C9H16N4O2/c1-3-7(2)15-9(14)6-13-5-8(4-10)11-12-13/h5,7H,3-4,6,10H2,1-2H3. The van der Waals surface area contributed by atoms with Gasteiger partial charge in [0, 0.05) is 6.54 Å². The highest BCUT2D eigenvalue weighted by Crippen LogP contribution is 1.98. The van der Waals surface area contributed by atoms with E-state index in [1.807, 2.05) is 13.8 Å². The molecule has 0 bridgehead atoms. The summed E-state index contributed by atoms with van der Waals surface area (Å²) in [5, 5.41) is 7.51. The lowest BCUT2D eigenvalue weighted by Gasteiger charge is -2.09. The lowest BCUT2D eigenvalue weighted by molar-refractivity contribution is -0.149. The first-order valence-corrected chi connectivity index (χ1v) is 4.94. The Balaban J connectivity index is 2.44. The van der Waals surface area contributed by atoms with Gasteiger partial charge in [-0.3, -0.25) is 4.79 Å². The minimum atomic E-state index is -0.308. The molecule has 1 aromatic heterocycles. The lowest BCUT2D eigenvalue weighted by atomic mass is 10.3. The fourth-order valence-electron chi connectivity index (χ4n) is 0.987. The van der Waals surface area contributed by atoms with E-state index in [1.54, 1.807) is 6.20 Å². The summed E-state index contributed by atoms with van der Waals surface area (Å²) in [6.07, 6.45) is 2.38. The second-order valence-electron chi connectivity index (χ2n) is 3.32. The third-order valence-corrected chi connectivity index (χ3v) is 1.99. The Labute approximate surface area is 88.4 Å². The highest BCUT2D eigenvalue weighted by atomic mass is 16.5. The Morgan fingerprint density at radius 2 is 2.47 bits per heavy atom. The van der Waals surface area contributed by atoms with Gasteiger partial charge in [0.15, 0.2) is 0 Å². The third-order valence-electron chi connectivity index (χ3n) is 1.99. The predicted molar refractivity (Wildman–Crippen MR) is 53.8 cm³/mol. The fourth-order valence-corrected chi connectivity index (χ4v) is 0.987. The molecular weight excluding hydrogens is 196 g/mol. The zero-order valence-electron chi connectivity index (χ0n) is 9.01. The molecular formula is C9H16N4O2. The van der Waals surface area contributed by atoms with Crippen LogP contribution in [-0.4, -0.2) is 27.1 Å². The second-order valence-corrected chi connectivity index (χ2v) is 3.32.